The molecular weight excluding hydrogens is 262 g/mol. The molecule has 0 spiro atoms. The number of hydrogen-bond acceptors (Lipinski definition) is 6. The summed E-state index contributed by atoms with van der Waals surface area (Å²) in [5, 5.41) is 9.85. The van der Waals surface area contributed by atoms with Crippen LogP contribution < -0.4 is 15.2 Å². The third-order valence-corrected chi connectivity index (χ3v) is 3.72. The van der Waals surface area contributed by atoms with Crippen LogP contribution in [-0.2, 0) is 6.54 Å². The van der Waals surface area contributed by atoms with Gasteiger partial charge in [0, 0.05) is 6.54 Å². The molecule has 0 radical (unpaired) electrons. The predicted molar refractivity (Wildman–Crippen MR) is 73.3 cm³/mol. The van der Waals surface area contributed by atoms with Crippen molar-refractivity contribution in [2.45, 2.75) is 6.54 Å². The normalized spacial score (nSPS) is 10.0. The molecule has 0 aliphatic heterocycles. The maximum absolute atomic E-state index is 9.11. The Morgan fingerprint density at radius 3 is 2.63 bits per heavy atom. The summed E-state index contributed by atoms with van der Waals surface area (Å²) < 4.78 is 10.4. The lowest BCUT2D eigenvalue weighted by atomic mass is 10.1. The molecule has 0 saturated heterocycles. The van der Waals surface area contributed by atoms with Gasteiger partial charge in [-0.05, 0) is 23.8 Å². The van der Waals surface area contributed by atoms with E-state index in [0.717, 1.165) is 15.4 Å². The fourth-order valence-electron chi connectivity index (χ4n) is 1.70. The Bertz CT molecular complexity index is 631. The van der Waals surface area contributed by atoms with Crippen LogP contribution >= 0.6 is 11.3 Å². The molecule has 0 atom stereocenters. The Kier molecular flexibility index (Phi) is 4.00. The van der Waals surface area contributed by atoms with Gasteiger partial charge in [-0.15, -0.1) is 11.3 Å². The van der Waals surface area contributed by atoms with E-state index in [2.05, 4.69) is 11.1 Å². The second-order valence-electron chi connectivity index (χ2n) is 3.67. The van der Waals surface area contributed by atoms with Crippen molar-refractivity contribution in [1.82, 2.24) is 4.98 Å². The topological polar surface area (TPSA) is 81.2 Å². The fourth-order valence-corrected chi connectivity index (χ4v) is 2.59. The Morgan fingerprint density at radius 1 is 1.32 bits per heavy atom. The molecule has 2 rings (SSSR count). The number of hydrogen-bond donors (Lipinski definition) is 1. The molecule has 1 aromatic heterocycles. The van der Waals surface area contributed by atoms with Crippen LogP contribution in [-0.4, -0.2) is 19.2 Å². The second kappa shape index (κ2) is 5.69. The third kappa shape index (κ3) is 2.52. The quantitative estimate of drug-likeness (QED) is 0.924. The summed E-state index contributed by atoms with van der Waals surface area (Å²) in [6.07, 6.45) is 0. The first-order valence-corrected chi connectivity index (χ1v) is 6.37. The number of thiazole rings is 1. The monoisotopic (exact) mass is 275 g/mol. The Balaban J connectivity index is 2.53. The molecule has 19 heavy (non-hydrogen) atoms. The summed E-state index contributed by atoms with van der Waals surface area (Å²) in [4.78, 5) is 4.98. The van der Waals surface area contributed by atoms with Crippen molar-refractivity contribution in [2.24, 2.45) is 5.73 Å². The van der Waals surface area contributed by atoms with Crippen LogP contribution in [0.2, 0.25) is 0 Å². The average Bonchev–Trinajstić information content (AvgIpc) is 2.89. The number of nitriles is 1. The fraction of sp³-hybridized carbons (Fsp3) is 0.231. The zero-order valence-electron chi connectivity index (χ0n) is 10.6. The largest absolute Gasteiger partial charge is 0.493 e. The number of nitrogens with two attached hydrogens (primary N) is 1. The summed E-state index contributed by atoms with van der Waals surface area (Å²) in [7, 11) is 3.16. The van der Waals surface area contributed by atoms with E-state index in [1.807, 2.05) is 12.1 Å². The highest BCUT2D eigenvalue weighted by atomic mass is 32.1. The Hall–Kier alpha value is -2.10. The van der Waals surface area contributed by atoms with Gasteiger partial charge in [-0.25, -0.2) is 4.98 Å². The average molecular weight is 275 g/mol. The van der Waals surface area contributed by atoms with E-state index >= 15 is 0 Å². The lowest BCUT2D eigenvalue weighted by Gasteiger charge is -2.08. The molecule has 1 heterocycles. The number of ether oxygens (including phenoxy) is 2. The number of nitrogens with zero attached hydrogens (tertiary/aromatic N) is 2. The molecule has 2 N–H and O–H groups in total. The van der Waals surface area contributed by atoms with Crippen molar-refractivity contribution in [3.05, 3.63) is 28.9 Å². The van der Waals surface area contributed by atoms with Crippen LogP contribution in [0.25, 0.3) is 10.4 Å². The van der Waals surface area contributed by atoms with Crippen molar-refractivity contribution in [2.75, 3.05) is 14.2 Å². The second-order valence-corrected chi connectivity index (χ2v) is 4.75. The molecule has 0 aliphatic carbocycles. The summed E-state index contributed by atoms with van der Waals surface area (Å²) in [6.45, 7) is 0.326. The first-order valence-electron chi connectivity index (χ1n) is 5.55. The highest BCUT2D eigenvalue weighted by Crippen LogP contribution is 2.36. The molecule has 0 saturated carbocycles. The standard InChI is InChI=1S/C13H13N3O2S/c1-17-10-4-3-8(5-11(10)18-2)13-9(6-14)16-12(7-15)19-13/h3-5H,7,15H2,1-2H3. The minimum Gasteiger partial charge on any atom is -0.493 e. The number of aromatic nitrogens is 1. The van der Waals surface area contributed by atoms with Gasteiger partial charge in [-0.3, -0.25) is 0 Å². The maximum Gasteiger partial charge on any atom is 0.161 e. The van der Waals surface area contributed by atoms with Crippen LogP contribution in [0.4, 0.5) is 0 Å². The van der Waals surface area contributed by atoms with E-state index in [-0.39, 0.29) is 0 Å². The molecule has 0 aliphatic rings. The molecule has 98 valence electrons. The molecule has 2 aromatic rings. The van der Waals surface area contributed by atoms with Gasteiger partial charge in [0.25, 0.3) is 0 Å². The third-order valence-electron chi connectivity index (χ3n) is 2.60. The molecule has 5 nitrogen and oxygen atoms in total. The van der Waals surface area contributed by atoms with Crippen molar-refractivity contribution in [1.29, 1.82) is 5.26 Å². The van der Waals surface area contributed by atoms with Gasteiger partial charge < -0.3 is 15.2 Å². The van der Waals surface area contributed by atoms with Crippen LogP contribution in [0, 0.1) is 11.3 Å². The lowest BCUT2D eigenvalue weighted by molar-refractivity contribution is 0.355. The van der Waals surface area contributed by atoms with E-state index in [4.69, 9.17) is 20.5 Å². The first kappa shape index (κ1) is 13.3. The van der Waals surface area contributed by atoms with Gasteiger partial charge in [-0.1, -0.05) is 0 Å². The summed E-state index contributed by atoms with van der Waals surface area (Å²) >= 11 is 1.41. The highest BCUT2D eigenvalue weighted by Gasteiger charge is 2.14. The number of rotatable bonds is 4. The SMILES string of the molecule is COc1ccc(-c2sc(CN)nc2C#N)cc1OC. The van der Waals surface area contributed by atoms with Crippen LogP contribution in [0.15, 0.2) is 18.2 Å². The zero-order valence-corrected chi connectivity index (χ0v) is 11.5. The van der Waals surface area contributed by atoms with Crippen molar-refractivity contribution >= 4 is 11.3 Å². The summed E-state index contributed by atoms with van der Waals surface area (Å²) in [6, 6.07) is 7.59. The molecule has 6 heteroatoms. The maximum atomic E-state index is 9.11. The molecule has 0 fully saturated rings. The smallest absolute Gasteiger partial charge is 0.161 e. The van der Waals surface area contributed by atoms with Gasteiger partial charge >= 0.3 is 0 Å². The minimum absolute atomic E-state index is 0.326. The van der Waals surface area contributed by atoms with E-state index in [1.165, 1.54) is 11.3 Å². The van der Waals surface area contributed by atoms with Gasteiger partial charge in [0.1, 0.15) is 11.1 Å². The van der Waals surface area contributed by atoms with E-state index in [1.54, 1.807) is 20.3 Å². The minimum atomic E-state index is 0.326. The molecule has 0 amide bonds. The number of methoxy groups -OCH3 is 2. The van der Waals surface area contributed by atoms with E-state index < -0.39 is 0 Å². The molecule has 0 bridgehead atoms. The van der Waals surface area contributed by atoms with Gasteiger partial charge in [0.15, 0.2) is 17.2 Å². The lowest BCUT2D eigenvalue weighted by Crippen LogP contribution is -1.94. The molecular formula is C13H13N3O2S. The van der Waals surface area contributed by atoms with Crippen LogP contribution in [0.1, 0.15) is 10.7 Å². The summed E-state index contributed by atoms with van der Waals surface area (Å²) in [5.41, 5.74) is 6.81. The Labute approximate surface area is 115 Å². The number of benzene rings is 1. The van der Waals surface area contributed by atoms with E-state index in [9.17, 15) is 0 Å². The Morgan fingerprint density at radius 2 is 2.05 bits per heavy atom. The van der Waals surface area contributed by atoms with Crippen molar-refractivity contribution in [3.63, 3.8) is 0 Å². The molecule has 1 aromatic carbocycles. The van der Waals surface area contributed by atoms with Crippen molar-refractivity contribution < 1.29 is 9.47 Å². The highest BCUT2D eigenvalue weighted by molar-refractivity contribution is 7.15. The zero-order chi connectivity index (χ0) is 13.8. The van der Waals surface area contributed by atoms with Gasteiger partial charge in [0.2, 0.25) is 0 Å². The van der Waals surface area contributed by atoms with E-state index in [0.29, 0.717) is 23.7 Å². The van der Waals surface area contributed by atoms with Crippen molar-refractivity contribution in [3.8, 4) is 28.0 Å². The molecule has 0 unspecified atom stereocenters. The van der Waals surface area contributed by atoms with Gasteiger partial charge in [0.05, 0.1) is 19.1 Å². The predicted octanol–water partition coefficient (Wildman–Crippen LogP) is 2.16. The van der Waals surface area contributed by atoms with Crippen LogP contribution in [0.3, 0.4) is 0 Å². The summed E-state index contributed by atoms with van der Waals surface area (Å²) in [5.74, 6) is 1.26. The van der Waals surface area contributed by atoms with Crippen LogP contribution in [0.5, 0.6) is 11.5 Å². The van der Waals surface area contributed by atoms with Gasteiger partial charge in [-0.2, -0.15) is 5.26 Å². The first-order chi connectivity index (χ1) is 9.23.